The summed E-state index contributed by atoms with van der Waals surface area (Å²) in [4.78, 5) is 17.1. The largest absolute Gasteiger partial charge is 0.268 e. The second kappa shape index (κ2) is 11.7. The van der Waals surface area contributed by atoms with Crippen molar-refractivity contribution in [1.29, 1.82) is 0 Å². The number of benzene rings is 3. The Morgan fingerprint density at radius 2 is 1.68 bits per heavy atom. The molecule has 7 nitrogen and oxygen atoms in total. The van der Waals surface area contributed by atoms with Crippen LogP contribution in [-0.2, 0) is 34.1 Å². The minimum atomic E-state index is -4.24. The number of nitrogens with one attached hydrogen (secondary N) is 1. The fraction of sp³-hybridized carbons (Fsp3) is 0.0769. The van der Waals surface area contributed by atoms with Gasteiger partial charge in [-0.05, 0) is 72.3 Å². The number of carbonyl (C=O) groups excluding carboxylic acids is 1. The molecule has 1 N–H and O–H groups in total. The fourth-order valence-electron chi connectivity index (χ4n) is 3.38. The second-order valence-corrected chi connectivity index (χ2v) is 11.5. The van der Waals surface area contributed by atoms with Crippen LogP contribution in [-0.4, -0.2) is 27.8 Å². The molecule has 0 saturated heterocycles. The van der Waals surface area contributed by atoms with Crippen LogP contribution in [0.1, 0.15) is 21.6 Å². The third-order valence-electron chi connectivity index (χ3n) is 5.22. The standard InChI is InChI=1S/C26H21ClFN3O4S2/c27-21-11-13-24(14-12-21)36(33)31(18-23-5-1-2-15-29-23)17-19-7-9-20(10-8-19)26(32)30-37(34,35)25-6-3-4-22(28)16-25/h1-16H,17-18H2,(H,30,32). The summed E-state index contributed by atoms with van der Waals surface area (Å²) >= 11 is 5.97. The molecule has 3 aromatic carbocycles. The molecule has 1 unspecified atom stereocenters. The number of nitrogens with zero attached hydrogens (tertiary/aromatic N) is 2. The molecule has 11 heteroatoms. The zero-order valence-corrected chi connectivity index (χ0v) is 21.6. The van der Waals surface area contributed by atoms with E-state index < -0.39 is 32.7 Å². The van der Waals surface area contributed by atoms with Gasteiger partial charge in [0.25, 0.3) is 15.9 Å². The molecule has 0 aliphatic rings. The van der Waals surface area contributed by atoms with E-state index in [1.54, 1.807) is 53.0 Å². The van der Waals surface area contributed by atoms with Crippen LogP contribution in [0.15, 0.2) is 107 Å². The van der Waals surface area contributed by atoms with Crippen LogP contribution in [0.5, 0.6) is 0 Å². The van der Waals surface area contributed by atoms with Gasteiger partial charge in [0.15, 0.2) is 0 Å². The van der Waals surface area contributed by atoms with Gasteiger partial charge in [-0.1, -0.05) is 35.9 Å². The number of sulfonamides is 1. The highest BCUT2D eigenvalue weighted by atomic mass is 35.5. The fourth-order valence-corrected chi connectivity index (χ4v) is 5.70. The molecule has 1 amide bonds. The second-order valence-electron chi connectivity index (χ2n) is 7.91. The Kier molecular flexibility index (Phi) is 8.45. The lowest BCUT2D eigenvalue weighted by atomic mass is 10.1. The summed E-state index contributed by atoms with van der Waals surface area (Å²) in [6.07, 6.45) is 1.66. The normalized spacial score (nSPS) is 12.3. The quantitative estimate of drug-likeness (QED) is 0.321. The van der Waals surface area contributed by atoms with E-state index >= 15 is 0 Å². The molecule has 190 valence electrons. The number of hydrogen-bond donors (Lipinski definition) is 1. The predicted octanol–water partition coefficient (Wildman–Crippen LogP) is 4.72. The number of aromatic nitrogens is 1. The Labute approximate surface area is 221 Å². The molecular formula is C26H21ClFN3O4S2. The van der Waals surface area contributed by atoms with E-state index in [0.29, 0.717) is 16.5 Å². The van der Waals surface area contributed by atoms with E-state index in [-0.39, 0.29) is 17.0 Å². The molecule has 0 bridgehead atoms. The van der Waals surface area contributed by atoms with E-state index in [9.17, 15) is 21.8 Å². The van der Waals surface area contributed by atoms with E-state index in [2.05, 4.69) is 4.98 Å². The third kappa shape index (κ3) is 7.07. The Morgan fingerprint density at radius 3 is 2.32 bits per heavy atom. The average Bonchev–Trinajstić information content (AvgIpc) is 2.89. The number of hydrogen-bond acceptors (Lipinski definition) is 5. The highest BCUT2D eigenvalue weighted by Crippen LogP contribution is 2.20. The smallest absolute Gasteiger partial charge is 0.264 e. The molecule has 0 spiro atoms. The van der Waals surface area contributed by atoms with Gasteiger partial charge in [-0.3, -0.25) is 9.78 Å². The lowest BCUT2D eigenvalue weighted by molar-refractivity contribution is 0.0981. The van der Waals surface area contributed by atoms with E-state index in [0.717, 1.165) is 23.4 Å². The van der Waals surface area contributed by atoms with Crippen LogP contribution in [0.3, 0.4) is 0 Å². The van der Waals surface area contributed by atoms with Crippen molar-refractivity contribution in [1.82, 2.24) is 14.0 Å². The molecule has 0 saturated carbocycles. The lowest BCUT2D eigenvalue weighted by Gasteiger charge is -2.21. The highest BCUT2D eigenvalue weighted by Gasteiger charge is 2.20. The maximum Gasteiger partial charge on any atom is 0.264 e. The Hall–Kier alpha value is -3.44. The topological polar surface area (TPSA) is 96.4 Å². The van der Waals surface area contributed by atoms with Gasteiger partial charge in [-0.15, -0.1) is 0 Å². The minimum absolute atomic E-state index is 0.0961. The summed E-state index contributed by atoms with van der Waals surface area (Å²) in [7, 11) is -5.78. The summed E-state index contributed by atoms with van der Waals surface area (Å²) in [5, 5.41) is 0.533. The van der Waals surface area contributed by atoms with Gasteiger partial charge < -0.3 is 0 Å². The maximum atomic E-state index is 13.4. The van der Waals surface area contributed by atoms with Crippen molar-refractivity contribution >= 4 is 38.5 Å². The van der Waals surface area contributed by atoms with Crippen LogP contribution in [0, 0.1) is 5.82 Å². The number of pyridine rings is 1. The predicted molar refractivity (Wildman–Crippen MR) is 139 cm³/mol. The number of halogens is 2. The van der Waals surface area contributed by atoms with E-state index in [1.165, 1.54) is 24.3 Å². The van der Waals surface area contributed by atoms with Crippen LogP contribution >= 0.6 is 11.6 Å². The maximum absolute atomic E-state index is 13.4. The molecule has 4 aromatic rings. The molecular weight excluding hydrogens is 537 g/mol. The summed E-state index contributed by atoms with van der Waals surface area (Å²) < 4.78 is 55.3. The molecule has 1 aromatic heterocycles. The summed E-state index contributed by atoms with van der Waals surface area (Å²) in [5.74, 6) is -1.59. The van der Waals surface area contributed by atoms with Gasteiger partial charge in [-0.2, -0.15) is 0 Å². The van der Waals surface area contributed by atoms with Gasteiger partial charge in [0.05, 0.1) is 22.0 Å². The molecule has 4 rings (SSSR count). The Balaban J connectivity index is 1.51. The first-order valence-electron chi connectivity index (χ1n) is 11.0. The van der Waals surface area contributed by atoms with Gasteiger partial charge in [0, 0.05) is 23.3 Å². The van der Waals surface area contributed by atoms with Crippen molar-refractivity contribution in [2.24, 2.45) is 0 Å². The zero-order chi connectivity index (χ0) is 26.4. The third-order valence-corrected chi connectivity index (χ3v) is 8.21. The molecule has 0 aliphatic carbocycles. The van der Waals surface area contributed by atoms with Gasteiger partial charge in [0.2, 0.25) is 0 Å². The summed E-state index contributed by atoms with van der Waals surface area (Å²) in [6, 6.07) is 22.8. The van der Waals surface area contributed by atoms with Gasteiger partial charge in [-0.25, -0.2) is 26.0 Å². The van der Waals surface area contributed by atoms with Crippen molar-refractivity contribution in [3.8, 4) is 0 Å². The van der Waals surface area contributed by atoms with Crippen LogP contribution in [0.4, 0.5) is 4.39 Å². The molecule has 0 aliphatic heterocycles. The Morgan fingerprint density at radius 1 is 0.946 bits per heavy atom. The first kappa shape index (κ1) is 26.6. The lowest BCUT2D eigenvalue weighted by Crippen LogP contribution is -2.30. The number of rotatable bonds is 9. The van der Waals surface area contributed by atoms with Crippen molar-refractivity contribution in [2.45, 2.75) is 22.9 Å². The van der Waals surface area contributed by atoms with Crippen LogP contribution in [0.2, 0.25) is 5.02 Å². The minimum Gasteiger partial charge on any atom is -0.268 e. The summed E-state index contributed by atoms with van der Waals surface area (Å²) in [5.41, 5.74) is 1.56. The molecule has 1 heterocycles. The van der Waals surface area contributed by atoms with E-state index in [4.69, 9.17) is 11.6 Å². The highest BCUT2D eigenvalue weighted by molar-refractivity contribution is 7.90. The monoisotopic (exact) mass is 557 g/mol. The number of carbonyl (C=O) groups is 1. The van der Waals surface area contributed by atoms with Crippen molar-refractivity contribution in [3.05, 3.63) is 125 Å². The molecule has 0 radical (unpaired) electrons. The molecule has 37 heavy (non-hydrogen) atoms. The number of amides is 1. The van der Waals surface area contributed by atoms with Crippen molar-refractivity contribution in [3.63, 3.8) is 0 Å². The summed E-state index contributed by atoms with van der Waals surface area (Å²) in [6.45, 7) is 0.555. The molecule has 1 atom stereocenters. The van der Waals surface area contributed by atoms with Crippen molar-refractivity contribution in [2.75, 3.05) is 0 Å². The van der Waals surface area contributed by atoms with Gasteiger partial charge >= 0.3 is 0 Å². The van der Waals surface area contributed by atoms with Crippen LogP contribution in [0.25, 0.3) is 0 Å². The first-order chi connectivity index (χ1) is 17.7. The average molecular weight is 558 g/mol. The first-order valence-corrected chi connectivity index (χ1v) is 13.9. The van der Waals surface area contributed by atoms with Crippen molar-refractivity contribution < 1.29 is 21.8 Å². The Bertz CT molecular complexity index is 1520. The van der Waals surface area contributed by atoms with E-state index in [1.807, 2.05) is 16.9 Å². The zero-order valence-electron chi connectivity index (χ0n) is 19.3. The molecule has 0 fully saturated rings. The SMILES string of the molecule is O=C(NS(=O)(=O)c1cccc(F)c1)c1ccc(CN(Cc2ccccn2)S(=O)c2ccc(Cl)cc2)cc1. The van der Waals surface area contributed by atoms with Crippen LogP contribution < -0.4 is 4.72 Å². The van der Waals surface area contributed by atoms with Gasteiger partial charge in [0.1, 0.15) is 16.8 Å².